The largest absolute Gasteiger partial charge is 0.497 e. The van der Waals surface area contributed by atoms with Crippen molar-refractivity contribution in [3.8, 4) is 5.75 Å². The van der Waals surface area contributed by atoms with E-state index >= 15 is 0 Å². The molecule has 1 aromatic rings. The first-order chi connectivity index (χ1) is 9.59. The minimum Gasteiger partial charge on any atom is -0.497 e. The van der Waals surface area contributed by atoms with Crippen molar-refractivity contribution in [1.29, 1.82) is 0 Å². The van der Waals surface area contributed by atoms with Crippen molar-refractivity contribution in [3.63, 3.8) is 0 Å². The van der Waals surface area contributed by atoms with E-state index in [9.17, 15) is 0 Å². The summed E-state index contributed by atoms with van der Waals surface area (Å²) in [4.78, 5) is 4.81. The van der Waals surface area contributed by atoms with Gasteiger partial charge in [0.15, 0.2) is 0 Å². The molecule has 1 aliphatic rings. The van der Waals surface area contributed by atoms with Crippen molar-refractivity contribution < 1.29 is 4.74 Å². The molecule has 2 rings (SSSR count). The van der Waals surface area contributed by atoms with Crippen molar-refractivity contribution in [3.05, 3.63) is 29.8 Å². The maximum Gasteiger partial charge on any atom is 0.118 e. The molecule has 0 bridgehead atoms. The van der Waals surface area contributed by atoms with E-state index in [1.165, 1.54) is 24.9 Å². The maximum absolute atomic E-state index is 6.11. The van der Waals surface area contributed by atoms with E-state index in [0.717, 1.165) is 18.8 Å². The van der Waals surface area contributed by atoms with Gasteiger partial charge in [-0.1, -0.05) is 12.1 Å². The fourth-order valence-corrected chi connectivity index (χ4v) is 3.15. The van der Waals surface area contributed by atoms with Gasteiger partial charge >= 0.3 is 0 Å². The van der Waals surface area contributed by atoms with Gasteiger partial charge in [-0.05, 0) is 51.2 Å². The van der Waals surface area contributed by atoms with Gasteiger partial charge in [0.25, 0.3) is 0 Å². The molecule has 0 amide bonds. The number of likely N-dealkylation sites (tertiary alicyclic amines) is 1. The zero-order valence-electron chi connectivity index (χ0n) is 12.9. The second-order valence-corrected chi connectivity index (χ2v) is 5.97. The van der Waals surface area contributed by atoms with Crippen LogP contribution >= 0.6 is 0 Å². The molecule has 4 nitrogen and oxygen atoms in total. The van der Waals surface area contributed by atoms with E-state index in [-0.39, 0.29) is 5.54 Å². The molecule has 0 aromatic heterocycles. The smallest absolute Gasteiger partial charge is 0.118 e. The van der Waals surface area contributed by atoms with E-state index in [2.05, 4.69) is 36.0 Å². The fourth-order valence-electron chi connectivity index (χ4n) is 3.15. The van der Waals surface area contributed by atoms with Crippen LogP contribution in [0.25, 0.3) is 0 Å². The lowest BCUT2D eigenvalue weighted by molar-refractivity contribution is 0.0396. The van der Waals surface area contributed by atoms with Gasteiger partial charge in [-0.2, -0.15) is 0 Å². The summed E-state index contributed by atoms with van der Waals surface area (Å²) in [5.74, 6) is 0.905. The van der Waals surface area contributed by atoms with Gasteiger partial charge in [0, 0.05) is 25.2 Å². The zero-order valence-corrected chi connectivity index (χ0v) is 12.9. The molecular formula is C16H27N3O. The van der Waals surface area contributed by atoms with Gasteiger partial charge in [-0.3, -0.25) is 4.90 Å². The van der Waals surface area contributed by atoms with Crippen molar-refractivity contribution in [2.45, 2.75) is 24.9 Å². The van der Waals surface area contributed by atoms with E-state index in [4.69, 9.17) is 10.5 Å². The summed E-state index contributed by atoms with van der Waals surface area (Å²) in [7, 11) is 6.07. The molecular weight excluding hydrogens is 250 g/mol. The average Bonchev–Trinajstić information content (AvgIpc) is 2.47. The Morgan fingerprint density at radius 2 is 2.05 bits per heavy atom. The van der Waals surface area contributed by atoms with Crippen LogP contribution in [-0.2, 0) is 6.54 Å². The maximum atomic E-state index is 6.11. The van der Waals surface area contributed by atoms with Gasteiger partial charge in [-0.15, -0.1) is 0 Å². The van der Waals surface area contributed by atoms with Crippen LogP contribution in [0.5, 0.6) is 5.75 Å². The Morgan fingerprint density at radius 1 is 1.35 bits per heavy atom. The third kappa shape index (κ3) is 3.32. The summed E-state index contributed by atoms with van der Waals surface area (Å²) in [5.41, 5.74) is 7.52. The van der Waals surface area contributed by atoms with Crippen molar-refractivity contribution in [2.75, 3.05) is 40.8 Å². The first-order valence-electron chi connectivity index (χ1n) is 7.32. The molecule has 4 heteroatoms. The number of hydrogen-bond donors (Lipinski definition) is 1. The van der Waals surface area contributed by atoms with Gasteiger partial charge < -0.3 is 15.4 Å². The predicted octanol–water partition coefficient (Wildman–Crippen LogP) is 1.55. The first-order valence-corrected chi connectivity index (χ1v) is 7.32. The normalized spacial score (nSPS) is 24.1. The summed E-state index contributed by atoms with van der Waals surface area (Å²) in [6.07, 6.45) is 2.40. The number of rotatable bonds is 5. The molecule has 0 aliphatic carbocycles. The highest BCUT2D eigenvalue weighted by molar-refractivity contribution is 5.27. The van der Waals surface area contributed by atoms with E-state index in [0.29, 0.717) is 6.54 Å². The van der Waals surface area contributed by atoms with E-state index in [1.54, 1.807) is 7.11 Å². The third-order valence-corrected chi connectivity index (χ3v) is 4.51. The Hall–Kier alpha value is -1.10. The lowest BCUT2D eigenvalue weighted by atomic mass is 9.87. The minimum atomic E-state index is 0.104. The van der Waals surface area contributed by atoms with Crippen LogP contribution < -0.4 is 10.5 Å². The Labute approximate surface area is 122 Å². The monoisotopic (exact) mass is 277 g/mol. The molecule has 0 saturated carbocycles. The number of nitrogens with zero attached hydrogens (tertiary/aromatic N) is 2. The summed E-state index contributed by atoms with van der Waals surface area (Å²) in [6.45, 7) is 3.87. The van der Waals surface area contributed by atoms with Crippen molar-refractivity contribution in [2.24, 2.45) is 5.73 Å². The Morgan fingerprint density at radius 3 is 2.60 bits per heavy atom. The molecule has 1 saturated heterocycles. The molecule has 1 aliphatic heterocycles. The molecule has 2 N–H and O–H groups in total. The van der Waals surface area contributed by atoms with Crippen LogP contribution in [0.4, 0.5) is 0 Å². The van der Waals surface area contributed by atoms with Crippen molar-refractivity contribution >= 4 is 0 Å². The highest BCUT2D eigenvalue weighted by Gasteiger charge is 2.36. The fraction of sp³-hybridized carbons (Fsp3) is 0.625. The molecule has 1 heterocycles. The summed E-state index contributed by atoms with van der Waals surface area (Å²) in [6, 6.07) is 8.30. The topological polar surface area (TPSA) is 41.7 Å². The molecule has 1 unspecified atom stereocenters. The van der Waals surface area contributed by atoms with Crippen LogP contribution in [0.1, 0.15) is 18.4 Å². The number of benzene rings is 1. The SMILES string of the molecule is COc1ccc(CN(C)C2(CN)CCCN(C)C2)cc1. The predicted molar refractivity (Wildman–Crippen MR) is 83.0 cm³/mol. The number of nitrogens with two attached hydrogens (primary N) is 1. The van der Waals surface area contributed by atoms with Crippen LogP contribution in [0, 0.1) is 0 Å². The Kier molecular flexibility index (Phi) is 5.02. The highest BCUT2D eigenvalue weighted by atomic mass is 16.5. The third-order valence-electron chi connectivity index (χ3n) is 4.51. The first kappa shape index (κ1) is 15.3. The Balaban J connectivity index is 2.06. The lowest BCUT2D eigenvalue weighted by Crippen LogP contribution is -2.60. The second kappa shape index (κ2) is 6.57. The van der Waals surface area contributed by atoms with Gasteiger partial charge in [0.05, 0.1) is 7.11 Å². The van der Waals surface area contributed by atoms with Crippen LogP contribution in [0.2, 0.25) is 0 Å². The molecule has 1 fully saturated rings. The van der Waals surface area contributed by atoms with Crippen LogP contribution in [-0.4, -0.2) is 56.2 Å². The average molecular weight is 277 g/mol. The molecule has 1 aromatic carbocycles. The van der Waals surface area contributed by atoms with E-state index < -0.39 is 0 Å². The quantitative estimate of drug-likeness (QED) is 0.886. The lowest BCUT2D eigenvalue weighted by Gasteiger charge is -2.47. The zero-order chi connectivity index (χ0) is 14.6. The number of ether oxygens (including phenoxy) is 1. The highest BCUT2D eigenvalue weighted by Crippen LogP contribution is 2.27. The van der Waals surface area contributed by atoms with Gasteiger partial charge in [-0.25, -0.2) is 0 Å². The number of piperidine rings is 1. The number of hydrogen-bond acceptors (Lipinski definition) is 4. The molecule has 112 valence electrons. The molecule has 1 atom stereocenters. The van der Waals surface area contributed by atoms with Crippen LogP contribution in [0.3, 0.4) is 0 Å². The van der Waals surface area contributed by atoms with Gasteiger partial charge in [0.2, 0.25) is 0 Å². The summed E-state index contributed by atoms with van der Waals surface area (Å²) < 4.78 is 5.21. The number of methoxy groups -OCH3 is 1. The Bertz CT molecular complexity index is 420. The van der Waals surface area contributed by atoms with Crippen molar-refractivity contribution in [1.82, 2.24) is 9.80 Å². The van der Waals surface area contributed by atoms with Gasteiger partial charge in [0.1, 0.15) is 5.75 Å². The minimum absolute atomic E-state index is 0.104. The van der Waals surface area contributed by atoms with E-state index in [1.807, 2.05) is 12.1 Å². The van der Waals surface area contributed by atoms with Crippen LogP contribution in [0.15, 0.2) is 24.3 Å². The number of likely N-dealkylation sites (N-methyl/N-ethyl adjacent to an activating group) is 2. The standard InChI is InChI=1S/C16H27N3O/c1-18-10-4-9-16(12-17,13-18)19(2)11-14-5-7-15(20-3)8-6-14/h5-8H,4,9-13,17H2,1-3H3. The molecule has 0 radical (unpaired) electrons. The summed E-state index contributed by atoms with van der Waals surface area (Å²) in [5, 5.41) is 0. The molecule has 0 spiro atoms. The molecule has 20 heavy (non-hydrogen) atoms. The summed E-state index contributed by atoms with van der Waals surface area (Å²) >= 11 is 0. The second-order valence-electron chi connectivity index (χ2n) is 5.97.